The van der Waals surface area contributed by atoms with Crippen LogP contribution in [0.3, 0.4) is 0 Å². The fourth-order valence-corrected chi connectivity index (χ4v) is 5.49. The van der Waals surface area contributed by atoms with E-state index in [0.29, 0.717) is 16.8 Å². The molecule has 0 spiro atoms. The van der Waals surface area contributed by atoms with E-state index in [4.69, 9.17) is 0 Å². The second-order valence-electron chi connectivity index (χ2n) is 11.3. The summed E-state index contributed by atoms with van der Waals surface area (Å²) in [4.78, 5) is 51.8. The molecule has 6 rings (SSSR count). The lowest BCUT2D eigenvalue weighted by Gasteiger charge is -2.26. The number of aromatic amines is 1. The minimum atomic E-state index is -1.37. The van der Waals surface area contributed by atoms with Crippen LogP contribution in [0.25, 0.3) is 28.2 Å². The van der Waals surface area contributed by atoms with Crippen molar-refractivity contribution >= 4 is 34.7 Å². The van der Waals surface area contributed by atoms with Gasteiger partial charge in [-0.05, 0) is 67.1 Å². The number of hydrogen-bond donors (Lipinski definition) is 3. The number of likely N-dealkylation sites (tertiary alicyclic amines) is 1. The number of aromatic nitrogens is 3. The van der Waals surface area contributed by atoms with Crippen LogP contribution < -0.4 is 10.6 Å². The van der Waals surface area contributed by atoms with Crippen molar-refractivity contribution in [2.24, 2.45) is 5.92 Å². The lowest BCUT2D eigenvalue weighted by atomic mass is 9.96. The largest absolute Gasteiger partial charge is 0.348 e. The Morgan fingerprint density at radius 1 is 1.14 bits per heavy atom. The highest BCUT2D eigenvalue weighted by Crippen LogP contribution is 2.33. The van der Waals surface area contributed by atoms with Crippen LogP contribution in [0, 0.1) is 11.7 Å². The van der Waals surface area contributed by atoms with Crippen molar-refractivity contribution < 1.29 is 23.2 Å². The Kier molecular flexibility index (Phi) is 8.19. The van der Waals surface area contributed by atoms with Gasteiger partial charge in [-0.15, -0.1) is 0 Å². The highest BCUT2D eigenvalue weighted by molar-refractivity contribution is 5.97. The van der Waals surface area contributed by atoms with Crippen molar-refractivity contribution in [1.29, 1.82) is 0 Å². The Labute approximate surface area is 252 Å². The number of benzene rings is 2. The molecule has 11 heteroatoms. The van der Waals surface area contributed by atoms with Crippen LogP contribution in [0.4, 0.5) is 8.78 Å². The van der Waals surface area contributed by atoms with Crippen molar-refractivity contribution in [3.05, 3.63) is 89.8 Å². The van der Waals surface area contributed by atoms with Gasteiger partial charge in [0.25, 0.3) is 5.91 Å². The Morgan fingerprint density at radius 2 is 1.98 bits per heavy atom. The van der Waals surface area contributed by atoms with Crippen LogP contribution in [-0.4, -0.2) is 62.9 Å². The summed E-state index contributed by atoms with van der Waals surface area (Å²) in [5.74, 6) is -1.51. The number of allylic oxidation sites excluding steroid dienone is 1. The van der Waals surface area contributed by atoms with E-state index in [1.54, 1.807) is 18.6 Å². The van der Waals surface area contributed by atoms with Gasteiger partial charge in [-0.2, -0.15) is 0 Å². The summed E-state index contributed by atoms with van der Waals surface area (Å²) in [6.07, 6.45) is 8.44. The van der Waals surface area contributed by atoms with Crippen LogP contribution in [-0.2, 0) is 9.59 Å². The Bertz CT molecular complexity index is 1740. The Hall–Kier alpha value is -4.93. The first kappa shape index (κ1) is 29.2. The molecule has 1 aliphatic heterocycles. The number of pyridine rings is 1. The summed E-state index contributed by atoms with van der Waals surface area (Å²) in [6, 6.07) is 11.5. The van der Waals surface area contributed by atoms with Crippen LogP contribution >= 0.6 is 0 Å². The summed E-state index contributed by atoms with van der Waals surface area (Å²) in [5.41, 5.74) is 4.16. The number of nitrogens with one attached hydrogen (secondary N) is 3. The van der Waals surface area contributed by atoms with E-state index < -0.39 is 48.3 Å². The van der Waals surface area contributed by atoms with Gasteiger partial charge in [0, 0.05) is 17.4 Å². The standard InChI is InChI=1S/C33H32F2N6O3/c1-19(26-9-6-22(29-15-36-18-38-29)12-21(26)5-4-20-2-3-20)39-33(44)30-14-25(35)17-41(30)31(42)16-37-32(43)28-10-7-23-13-24(34)8-11-27(23)40-28/h4-13,15,18-20,25,30H,2-3,14,16-17H2,1H3,(H,36,38)(H,37,43)(H,39,44)/b5-4+/t19-,25+,30-/m0/s1. The molecule has 0 radical (unpaired) electrons. The average molecular weight is 599 g/mol. The van der Waals surface area contributed by atoms with Gasteiger partial charge < -0.3 is 20.5 Å². The normalized spacial score (nSPS) is 18.9. The molecule has 1 saturated carbocycles. The first-order valence-corrected chi connectivity index (χ1v) is 14.6. The number of alkyl halides is 1. The minimum absolute atomic E-state index is 0.0508. The summed E-state index contributed by atoms with van der Waals surface area (Å²) < 4.78 is 28.0. The number of carbonyl (C=O) groups is 3. The van der Waals surface area contributed by atoms with Gasteiger partial charge in [-0.3, -0.25) is 14.4 Å². The molecular formula is C33H32F2N6O3. The van der Waals surface area contributed by atoms with Gasteiger partial charge in [0.2, 0.25) is 11.8 Å². The topological polar surface area (TPSA) is 120 Å². The highest BCUT2D eigenvalue weighted by atomic mass is 19.1. The van der Waals surface area contributed by atoms with Gasteiger partial charge in [0.05, 0.1) is 42.9 Å². The third-order valence-electron chi connectivity index (χ3n) is 8.05. The van der Waals surface area contributed by atoms with Crippen LogP contribution in [0.5, 0.6) is 0 Å². The molecule has 1 aliphatic carbocycles. The van der Waals surface area contributed by atoms with E-state index in [9.17, 15) is 23.2 Å². The van der Waals surface area contributed by atoms with Crippen LogP contribution in [0.1, 0.15) is 53.8 Å². The fraction of sp³-hybridized carbons (Fsp3) is 0.303. The molecule has 4 aromatic rings. The molecular weight excluding hydrogens is 566 g/mol. The SMILES string of the molecule is C[C@H](NC(=O)[C@@H]1C[C@@H](F)CN1C(=O)CNC(=O)c1ccc2cc(F)ccc2n1)c1ccc(-c2cnc[nH]2)cc1/C=C/C1CC1. The maximum atomic E-state index is 14.6. The van der Waals surface area contributed by atoms with Gasteiger partial charge in [0.15, 0.2) is 0 Å². The molecule has 0 bridgehead atoms. The number of nitrogens with zero attached hydrogens (tertiary/aromatic N) is 3. The lowest BCUT2D eigenvalue weighted by molar-refractivity contribution is -0.138. The van der Waals surface area contributed by atoms with E-state index in [1.807, 2.05) is 25.1 Å². The lowest BCUT2D eigenvalue weighted by Crippen LogP contribution is -2.49. The van der Waals surface area contributed by atoms with Crippen molar-refractivity contribution in [2.45, 2.75) is 44.4 Å². The first-order chi connectivity index (χ1) is 21.2. The van der Waals surface area contributed by atoms with E-state index >= 15 is 0 Å². The molecule has 3 heterocycles. The maximum absolute atomic E-state index is 14.6. The molecule has 2 aromatic heterocycles. The molecule has 2 fully saturated rings. The zero-order valence-corrected chi connectivity index (χ0v) is 24.1. The van der Waals surface area contributed by atoms with Gasteiger partial charge in [-0.1, -0.05) is 30.4 Å². The highest BCUT2D eigenvalue weighted by Gasteiger charge is 2.40. The minimum Gasteiger partial charge on any atom is -0.348 e. The summed E-state index contributed by atoms with van der Waals surface area (Å²) in [7, 11) is 0. The smallest absolute Gasteiger partial charge is 0.270 e. The number of carbonyl (C=O) groups excluding carboxylic acids is 3. The molecule has 3 N–H and O–H groups in total. The number of halogens is 2. The number of rotatable bonds is 9. The molecule has 9 nitrogen and oxygen atoms in total. The summed E-state index contributed by atoms with van der Waals surface area (Å²) in [6.45, 7) is 1.19. The zero-order chi connectivity index (χ0) is 30.8. The predicted molar refractivity (Wildman–Crippen MR) is 161 cm³/mol. The number of H-pyrrole nitrogens is 1. The second-order valence-corrected chi connectivity index (χ2v) is 11.3. The van der Waals surface area contributed by atoms with Crippen molar-refractivity contribution in [1.82, 2.24) is 30.5 Å². The van der Waals surface area contributed by atoms with E-state index in [0.717, 1.165) is 35.2 Å². The zero-order valence-electron chi connectivity index (χ0n) is 24.1. The van der Waals surface area contributed by atoms with E-state index in [2.05, 4.69) is 37.7 Å². The Morgan fingerprint density at radius 3 is 2.75 bits per heavy atom. The number of hydrogen-bond acceptors (Lipinski definition) is 5. The molecule has 2 aromatic carbocycles. The molecule has 1 saturated heterocycles. The molecule has 226 valence electrons. The van der Waals surface area contributed by atoms with Crippen LogP contribution in [0.2, 0.25) is 0 Å². The third-order valence-corrected chi connectivity index (χ3v) is 8.05. The number of fused-ring (bicyclic) bond motifs is 1. The summed E-state index contributed by atoms with van der Waals surface area (Å²) in [5, 5.41) is 6.02. The van der Waals surface area contributed by atoms with Gasteiger partial charge in [-0.25, -0.2) is 18.7 Å². The number of imidazole rings is 1. The average Bonchev–Trinajstić information content (AvgIpc) is 3.51. The van der Waals surface area contributed by atoms with E-state index in [-0.39, 0.29) is 18.7 Å². The maximum Gasteiger partial charge on any atom is 0.270 e. The van der Waals surface area contributed by atoms with Gasteiger partial charge >= 0.3 is 0 Å². The van der Waals surface area contributed by atoms with Gasteiger partial charge in [0.1, 0.15) is 23.7 Å². The van der Waals surface area contributed by atoms with Crippen molar-refractivity contribution in [2.75, 3.05) is 13.1 Å². The first-order valence-electron chi connectivity index (χ1n) is 14.6. The van der Waals surface area contributed by atoms with Crippen molar-refractivity contribution in [3.63, 3.8) is 0 Å². The molecule has 3 amide bonds. The summed E-state index contributed by atoms with van der Waals surface area (Å²) >= 11 is 0. The second kappa shape index (κ2) is 12.4. The Balaban J connectivity index is 1.11. The van der Waals surface area contributed by atoms with E-state index in [1.165, 1.54) is 29.2 Å². The van der Waals surface area contributed by atoms with Crippen LogP contribution in [0.15, 0.2) is 67.1 Å². The molecule has 44 heavy (non-hydrogen) atoms. The molecule has 3 atom stereocenters. The third kappa shape index (κ3) is 6.51. The molecule has 0 unspecified atom stereocenters. The predicted octanol–water partition coefficient (Wildman–Crippen LogP) is 4.73. The quantitative estimate of drug-likeness (QED) is 0.257. The fourth-order valence-electron chi connectivity index (χ4n) is 5.49. The molecule has 2 aliphatic rings. The number of amides is 3. The monoisotopic (exact) mass is 598 g/mol. The van der Waals surface area contributed by atoms with Crippen molar-refractivity contribution in [3.8, 4) is 11.3 Å².